The maximum atomic E-state index is 12.4. The summed E-state index contributed by atoms with van der Waals surface area (Å²) in [5.74, 6) is -0.389. The molecule has 1 heterocycles. The van der Waals surface area contributed by atoms with Gasteiger partial charge in [0.15, 0.2) is 0 Å². The molecule has 3 aromatic rings. The number of benzene rings is 2. The van der Waals surface area contributed by atoms with Gasteiger partial charge in [0.25, 0.3) is 5.91 Å². The van der Waals surface area contributed by atoms with Crippen LogP contribution < -0.4 is 16.0 Å². The van der Waals surface area contributed by atoms with Gasteiger partial charge in [-0.25, -0.2) is 0 Å². The van der Waals surface area contributed by atoms with Gasteiger partial charge in [0.1, 0.15) is 5.69 Å². The summed E-state index contributed by atoms with van der Waals surface area (Å²) in [5.41, 5.74) is 4.41. The summed E-state index contributed by atoms with van der Waals surface area (Å²) in [6.45, 7) is 3.43. The van der Waals surface area contributed by atoms with E-state index in [2.05, 4.69) is 20.9 Å². The number of carbonyl (C=O) groups excluding carboxylic acids is 2. The SMILES string of the molecule is CC(=O)Nc1ccc(Nc2ccnc(C(=O)Nc3cccc(C)c3)c2)cc1. The Balaban J connectivity index is 1.69. The van der Waals surface area contributed by atoms with Crippen molar-refractivity contribution in [3.05, 3.63) is 78.1 Å². The normalized spacial score (nSPS) is 10.1. The Morgan fingerprint density at radius 1 is 0.815 bits per heavy atom. The van der Waals surface area contributed by atoms with Crippen LogP contribution in [-0.4, -0.2) is 16.8 Å². The second kappa shape index (κ2) is 8.14. The van der Waals surface area contributed by atoms with E-state index in [1.165, 1.54) is 6.92 Å². The molecule has 3 N–H and O–H groups in total. The quantitative estimate of drug-likeness (QED) is 0.632. The van der Waals surface area contributed by atoms with Crippen LogP contribution in [-0.2, 0) is 4.79 Å². The first-order valence-electron chi connectivity index (χ1n) is 8.48. The Hall–Kier alpha value is -3.67. The summed E-state index contributed by atoms with van der Waals surface area (Å²) >= 11 is 0. The van der Waals surface area contributed by atoms with Crippen LogP contribution in [0.3, 0.4) is 0 Å². The van der Waals surface area contributed by atoms with Gasteiger partial charge in [-0.05, 0) is 61.0 Å². The average Bonchev–Trinajstić information content (AvgIpc) is 2.63. The van der Waals surface area contributed by atoms with Crippen molar-refractivity contribution in [3.63, 3.8) is 0 Å². The molecular formula is C21H20N4O2. The Bertz CT molecular complexity index is 968. The largest absolute Gasteiger partial charge is 0.355 e. The summed E-state index contributed by atoms with van der Waals surface area (Å²) in [7, 11) is 0. The number of carbonyl (C=O) groups is 2. The molecule has 3 rings (SSSR count). The Morgan fingerprint density at radius 3 is 2.26 bits per heavy atom. The fourth-order valence-electron chi connectivity index (χ4n) is 2.56. The van der Waals surface area contributed by atoms with Gasteiger partial charge in [0.2, 0.25) is 5.91 Å². The Kier molecular flexibility index (Phi) is 5.47. The van der Waals surface area contributed by atoms with Gasteiger partial charge in [-0.1, -0.05) is 12.1 Å². The van der Waals surface area contributed by atoms with Gasteiger partial charge in [-0.3, -0.25) is 14.6 Å². The number of amides is 2. The summed E-state index contributed by atoms with van der Waals surface area (Å²) in [6, 6.07) is 18.4. The molecule has 0 fully saturated rings. The molecule has 6 nitrogen and oxygen atoms in total. The van der Waals surface area contributed by atoms with Crippen molar-refractivity contribution in [1.82, 2.24) is 4.98 Å². The number of anilines is 4. The maximum Gasteiger partial charge on any atom is 0.274 e. The van der Waals surface area contributed by atoms with Crippen LogP contribution in [0.2, 0.25) is 0 Å². The second-order valence-electron chi connectivity index (χ2n) is 6.14. The van der Waals surface area contributed by atoms with Gasteiger partial charge in [-0.15, -0.1) is 0 Å². The van der Waals surface area contributed by atoms with Crippen LogP contribution in [0.5, 0.6) is 0 Å². The molecule has 0 spiro atoms. The first kappa shape index (κ1) is 18.1. The van der Waals surface area contributed by atoms with E-state index in [0.717, 1.165) is 28.3 Å². The molecule has 1 aromatic heterocycles. The summed E-state index contributed by atoms with van der Waals surface area (Å²) in [6.07, 6.45) is 1.58. The maximum absolute atomic E-state index is 12.4. The summed E-state index contributed by atoms with van der Waals surface area (Å²) in [5, 5.41) is 8.78. The lowest BCUT2D eigenvalue weighted by atomic mass is 10.2. The molecule has 0 bridgehead atoms. The molecule has 0 aliphatic rings. The predicted octanol–water partition coefficient (Wildman–Crippen LogP) is 4.34. The number of aryl methyl sites for hydroxylation is 1. The highest BCUT2D eigenvalue weighted by atomic mass is 16.2. The molecule has 0 radical (unpaired) electrons. The van der Waals surface area contributed by atoms with E-state index in [0.29, 0.717) is 5.69 Å². The molecule has 2 aromatic carbocycles. The van der Waals surface area contributed by atoms with E-state index in [-0.39, 0.29) is 11.8 Å². The number of pyridine rings is 1. The fourth-order valence-corrected chi connectivity index (χ4v) is 2.56. The third-order valence-corrected chi connectivity index (χ3v) is 3.76. The van der Waals surface area contributed by atoms with Crippen molar-refractivity contribution in [3.8, 4) is 0 Å². The summed E-state index contributed by atoms with van der Waals surface area (Å²) < 4.78 is 0. The highest BCUT2D eigenvalue weighted by molar-refractivity contribution is 6.03. The zero-order valence-corrected chi connectivity index (χ0v) is 15.1. The van der Waals surface area contributed by atoms with Crippen molar-refractivity contribution >= 4 is 34.6 Å². The van der Waals surface area contributed by atoms with Gasteiger partial charge in [0.05, 0.1) is 0 Å². The van der Waals surface area contributed by atoms with Crippen molar-refractivity contribution in [1.29, 1.82) is 0 Å². The van der Waals surface area contributed by atoms with Crippen molar-refractivity contribution in [2.75, 3.05) is 16.0 Å². The summed E-state index contributed by atoms with van der Waals surface area (Å²) in [4.78, 5) is 27.7. The first-order chi connectivity index (χ1) is 13.0. The van der Waals surface area contributed by atoms with Crippen molar-refractivity contribution in [2.45, 2.75) is 13.8 Å². The van der Waals surface area contributed by atoms with Gasteiger partial charge < -0.3 is 16.0 Å². The van der Waals surface area contributed by atoms with E-state index in [4.69, 9.17) is 0 Å². The van der Waals surface area contributed by atoms with E-state index in [9.17, 15) is 9.59 Å². The highest BCUT2D eigenvalue weighted by Gasteiger charge is 2.09. The molecule has 136 valence electrons. The van der Waals surface area contributed by atoms with Gasteiger partial charge in [-0.2, -0.15) is 0 Å². The standard InChI is InChI=1S/C21H20N4O2/c1-14-4-3-5-18(12-14)25-21(27)20-13-19(10-11-22-20)24-17-8-6-16(7-9-17)23-15(2)26/h3-13H,1-2H3,(H,22,24)(H,23,26)(H,25,27). The minimum absolute atomic E-state index is 0.117. The molecular weight excluding hydrogens is 340 g/mol. The van der Waals surface area contributed by atoms with Crippen LogP contribution >= 0.6 is 0 Å². The number of nitrogens with one attached hydrogen (secondary N) is 3. The van der Waals surface area contributed by atoms with E-state index in [1.54, 1.807) is 30.5 Å². The molecule has 27 heavy (non-hydrogen) atoms. The lowest BCUT2D eigenvalue weighted by Crippen LogP contribution is -2.13. The number of hydrogen-bond acceptors (Lipinski definition) is 4. The Morgan fingerprint density at radius 2 is 1.56 bits per heavy atom. The van der Waals surface area contributed by atoms with E-state index in [1.807, 2.05) is 43.3 Å². The van der Waals surface area contributed by atoms with E-state index < -0.39 is 0 Å². The predicted molar refractivity (Wildman–Crippen MR) is 107 cm³/mol. The monoisotopic (exact) mass is 360 g/mol. The Labute approximate surface area is 157 Å². The lowest BCUT2D eigenvalue weighted by Gasteiger charge is -2.10. The molecule has 6 heteroatoms. The molecule has 0 aliphatic carbocycles. The molecule has 0 aliphatic heterocycles. The van der Waals surface area contributed by atoms with Crippen LogP contribution in [0.4, 0.5) is 22.7 Å². The first-order valence-corrected chi connectivity index (χ1v) is 8.48. The van der Waals surface area contributed by atoms with Crippen molar-refractivity contribution < 1.29 is 9.59 Å². The molecule has 0 unspecified atom stereocenters. The van der Waals surface area contributed by atoms with Gasteiger partial charge >= 0.3 is 0 Å². The molecule has 2 amide bonds. The lowest BCUT2D eigenvalue weighted by molar-refractivity contribution is -0.114. The van der Waals surface area contributed by atoms with Crippen LogP contribution in [0.15, 0.2) is 66.9 Å². The zero-order valence-electron chi connectivity index (χ0n) is 15.1. The number of nitrogens with zero attached hydrogens (tertiary/aromatic N) is 1. The highest BCUT2D eigenvalue weighted by Crippen LogP contribution is 2.20. The fraction of sp³-hybridized carbons (Fsp3) is 0.0952. The topological polar surface area (TPSA) is 83.1 Å². The molecule has 0 atom stereocenters. The minimum Gasteiger partial charge on any atom is -0.355 e. The molecule has 0 saturated carbocycles. The number of rotatable bonds is 5. The van der Waals surface area contributed by atoms with Crippen LogP contribution in [0, 0.1) is 6.92 Å². The number of aromatic nitrogens is 1. The van der Waals surface area contributed by atoms with Crippen LogP contribution in [0.25, 0.3) is 0 Å². The third kappa shape index (κ3) is 5.15. The molecule has 0 saturated heterocycles. The smallest absolute Gasteiger partial charge is 0.274 e. The third-order valence-electron chi connectivity index (χ3n) is 3.76. The van der Waals surface area contributed by atoms with Crippen molar-refractivity contribution in [2.24, 2.45) is 0 Å². The zero-order chi connectivity index (χ0) is 19.2. The van der Waals surface area contributed by atoms with Crippen LogP contribution in [0.1, 0.15) is 23.0 Å². The van der Waals surface area contributed by atoms with E-state index >= 15 is 0 Å². The average molecular weight is 360 g/mol. The van der Waals surface area contributed by atoms with Gasteiger partial charge in [0, 0.05) is 35.9 Å². The number of hydrogen-bond donors (Lipinski definition) is 3. The second-order valence-corrected chi connectivity index (χ2v) is 6.14. The minimum atomic E-state index is -0.273.